The first kappa shape index (κ1) is 6.40. The summed E-state index contributed by atoms with van der Waals surface area (Å²) >= 11 is 0. The second kappa shape index (κ2) is 2.09. The minimum absolute atomic E-state index is 1.05. The van der Waals surface area contributed by atoms with Crippen molar-refractivity contribution >= 4 is 11.0 Å². The van der Waals surface area contributed by atoms with Gasteiger partial charge in [0.1, 0.15) is 0 Å². The van der Waals surface area contributed by atoms with Gasteiger partial charge in [0.25, 0.3) is 0 Å². The minimum atomic E-state index is 1.05. The molecular formula is C9H9N2. The Balaban J connectivity index is 2.95. The van der Waals surface area contributed by atoms with E-state index in [0.717, 1.165) is 5.52 Å². The number of aryl methyl sites for hydroxylation is 2. The van der Waals surface area contributed by atoms with Crippen LogP contribution in [0.4, 0.5) is 0 Å². The fourth-order valence-electron chi connectivity index (χ4n) is 1.35. The lowest BCUT2D eigenvalue weighted by molar-refractivity contribution is 0.963. The molecule has 1 radical (unpaired) electrons. The molecule has 2 heterocycles. The van der Waals surface area contributed by atoms with Crippen LogP contribution in [-0.2, 0) is 7.05 Å². The molecule has 0 aliphatic rings. The van der Waals surface area contributed by atoms with E-state index in [1.807, 2.05) is 19.2 Å². The fraction of sp³-hybridized carbons (Fsp3) is 0.222. The molecule has 2 aromatic rings. The van der Waals surface area contributed by atoms with Crippen LogP contribution in [0.5, 0.6) is 0 Å². The van der Waals surface area contributed by atoms with Gasteiger partial charge in [0.2, 0.25) is 0 Å². The summed E-state index contributed by atoms with van der Waals surface area (Å²) < 4.78 is 2.07. The molecule has 2 heteroatoms. The number of pyridine rings is 1. The second-order valence-electron chi connectivity index (χ2n) is 2.73. The summed E-state index contributed by atoms with van der Waals surface area (Å²) in [4.78, 5) is 4.16. The van der Waals surface area contributed by atoms with Gasteiger partial charge in [-0.1, -0.05) is 0 Å². The summed E-state index contributed by atoms with van der Waals surface area (Å²) in [7, 11) is 2.02. The average Bonchev–Trinajstić information content (AvgIpc) is 2.30. The van der Waals surface area contributed by atoms with Crippen molar-refractivity contribution in [3.05, 3.63) is 30.1 Å². The maximum Gasteiger partial charge on any atom is 0.0918 e. The molecule has 55 valence electrons. The summed E-state index contributed by atoms with van der Waals surface area (Å²) in [5.74, 6) is 0. The summed E-state index contributed by atoms with van der Waals surface area (Å²) in [5, 5.41) is 0. The molecule has 2 rings (SSSR count). The number of nitrogens with zero attached hydrogens (tertiary/aromatic N) is 2. The van der Waals surface area contributed by atoms with Gasteiger partial charge in [-0.3, -0.25) is 0 Å². The number of fused-ring (bicyclic) bond motifs is 1. The third-order valence-electron chi connectivity index (χ3n) is 1.88. The van der Waals surface area contributed by atoms with Gasteiger partial charge in [-0.25, -0.2) is 4.98 Å². The Morgan fingerprint density at radius 1 is 1.55 bits per heavy atom. The zero-order valence-corrected chi connectivity index (χ0v) is 6.63. The largest absolute Gasteiger partial charge is 0.349 e. The molecule has 0 aliphatic heterocycles. The molecule has 0 atom stereocenters. The van der Waals surface area contributed by atoms with E-state index in [1.54, 1.807) is 0 Å². The summed E-state index contributed by atoms with van der Waals surface area (Å²) in [6.07, 6.45) is 4.90. The normalized spacial score (nSPS) is 10.7. The Kier molecular flexibility index (Phi) is 1.22. The van der Waals surface area contributed by atoms with Crippen molar-refractivity contribution in [2.45, 2.75) is 6.92 Å². The lowest BCUT2D eigenvalue weighted by atomic mass is 10.3. The van der Waals surface area contributed by atoms with E-state index in [4.69, 9.17) is 0 Å². The van der Waals surface area contributed by atoms with Gasteiger partial charge in [-0.2, -0.15) is 0 Å². The maximum absolute atomic E-state index is 4.16. The van der Waals surface area contributed by atoms with Gasteiger partial charge < -0.3 is 4.57 Å². The third-order valence-corrected chi connectivity index (χ3v) is 1.88. The zero-order valence-electron chi connectivity index (χ0n) is 6.63. The van der Waals surface area contributed by atoms with E-state index in [0.29, 0.717) is 0 Å². The van der Waals surface area contributed by atoms with E-state index in [-0.39, 0.29) is 0 Å². The van der Waals surface area contributed by atoms with Crippen LogP contribution in [0.15, 0.2) is 18.3 Å². The molecule has 11 heavy (non-hydrogen) atoms. The standard InChI is InChI=1S/C9H9N2/c1-7-6-11(2)8-4-3-5-10-9(7)8/h3-4,6H,1-2H3. The quantitative estimate of drug-likeness (QED) is 0.551. The fourth-order valence-corrected chi connectivity index (χ4v) is 1.35. The molecule has 0 bridgehead atoms. The van der Waals surface area contributed by atoms with E-state index in [9.17, 15) is 0 Å². The predicted molar refractivity (Wildman–Crippen MR) is 44.3 cm³/mol. The molecule has 2 nitrogen and oxygen atoms in total. The molecule has 0 saturated heterocycles. The van der Waals surface area contributed by atoms with Crippen molar-refractivity contribution < 1.29 is 0 Å². The topological polar surface area (TPSA) is 17.8 Å². The van der Waals surface area contributed by atoms with Gasteiger partial charge in [0.15, 0.2) is 0 Å². The van der Waals surface area contributed by atoms with Gasteiger partial charge in [0, 0.05) is 13.2 Å². The average molecular weight is 145 g/mol. The minimum Gasteiger partial charge on any atom is -0.349 e. The first-order valence-corrected chi connectivity index (χ1v) is 3.58. The van der Waals surface area contributed by atoms with Crippen LogP contribution in [0.25, 0.3) is 11.0 Å². The van der Waals surface area contributed by atoms with E-state index in [2.05, 4.69) is 28.9 Å². The third kappa shape index (κ3) is 0.827. The van der Waals surface area contributed by atoms with Gasteiger partial charge in [-0.05, 0) is 24.6 Å². The molecule has 0 unspecified atom stereocenters. The molecule has 0 aliphatic carbocycles. The van der Waals surface area contributed by atoms with Gasteiger partial charge in [0.05, 0.1) is 17.2 Å². The van der Waals surface area contributed by atoms with Crippen molar-refractivity contribution in [1.82, 2.24) is 9.55 Å². The number of hydrogen-bond acceptors (Lipinski definition) is 1. The number of aromatic nitrogens is 2. The van der Waals surface area contributed by atoms with Crippen molar-refractivity contribution in [3.8, 4) is 0 Å². The number of rotatable bonds is 0. The van der Waals surface area contributed by atoms with Crippen LogP contribution in [0.3, 0.4) is 0 Å². The van der Waals surface area contributed by atoms with Gasteiger partial charge in [-0.15, -0.1) is 0 Å². The number of hydrogen-bond donors (Lipinski definition) is 0. The Hall–Kier alpha value is -1.31. The van der Waals surface area contributed by atoms with Crippen LogP contribution in [0, 0.1) is 13.1 Å². The molecule has 0 N–H and O–H groups in total. The van der Waals surface area contributed by atoms with Crippen LogP contribution in [-0.4, -0.2) is 9.55 Å². The molecule has 0 fully saturated rings. The van der Waals surface area contributed by atoms with Crippen LogP contribution >= 0.6 is 0 Å². The second-order valence-corrected chi connectivity index (χ2v) is 2.73. The Morgan fingerprint density at radius 3 is 3.09 bits per heavy atom. The maximum atomic E-state index is 4.16. The smallest absolute Gasteiger partial charge is 0.0918 e. The molecular weight excluding hydrogens is 136 g/mol. The van der Waals surface area contributed by atoms with E-state index in [1.165, 1.54) is 11.1 Å². The Morgan fingerprint density at radius 2 is 2.36 bits per heavy atom. The highest BCUT2D eigenvalue weighted by Gasteiger charge is 2.00. The van der Waals surface area contributed by atoms with Crippen LogP contribution < -0.4 is 0 Å². The molecule has 0 amide bonds. The van der Waals surface area contributed by atoms with Crippen molar-refractivity contribution in [1.29, 1.82) is 0 Å². The van der Waals surface area contributed by atoms with Crippen molar-refractivity contribution in [3.63, 3.8) is 0 Å². The first-order chi connectivity index (χ1) is 5.29. The van der Waals surface area contributed by atoms with E-state index >= 15 is 0 Å². The summed E-state index contributed by atoms with van der Waals surface area (Å²) in [6, 6.07) is 3.86. The molecule has 2 aromatic heterocycles. The highest BCUT2D eigenvalue weighted by Crippen LogP contribution is 2.15. The van der Waals surface area contributed by atoms with Crippen LogP contribution in [0.1, 0.15) is 5.56 Å². The molecule has 0 saturated carbocycles. The van der Waals surface area contributed by atoms with E-state index < -0.39 is 0 Å². The molecule has 0 aromatic carbocycles. The van der Waals surface area contributed by atoms with Gasteiger partial charge >= 0.3 is 0 Å². The Bertz CT molecular complexity index is 351. The molecule has 0 spiro atoms. The van der Waals surface area contributed by atoms with Crippen molar-refractivity contribution in [2.75, 3.05) is 0 Å². The highest BCUT2D eigenvalue weighted by atomic mass is 14.9. The Labute approximate surface area is 65.5 Å². The SMILES string of the molecule is Cc1cn(C)c2cc[c]nc12. The summed E-state index contributed by atoms with van der Waals surface area (Å²) in [5.41, 5.74) is 3.43. The van der Waals surface area contributed by atoms with Crippen LogP contribution in [0.2, 0.25) is 0 Å². The monoisotopic (exact) mass is 145 g/mol. The summed E-state index contributed by atoms with van der Waals surface area (Å²) in [6.45, 7) is 2.06. The first-order valence-electron chi connectivity index (χ1n) is 3.58. The predicted octanol–water partition coefficient (Wildman–Crippen LogP) is 1.68. The lowest BCUT2D eigenvalue weighted by Crippen LogP contribution is -1.83. The zero-order chi connectivity index (χ0) is 7.84. The van der Waals surface area contributed by atoms with Crippen molar-refractivity contribution in [2.24, 2.45) is 7.05 Å². The lowest BCUT2D eigenvalue weighted by Gasteiger charge is -1.91. The highest BCUT2D eigenvalue weighted by molar-refractivity contribution is 5.78.